The van der Waals surface area contributed by atoms with E-state index in [1.165, 1.54) is 0 Å². The molecule has 1 aromatic rings. The van der Waals surface area contributed by atoms with Gasteiger partial charge in [-0.25, -0.2) is 4.79 Å². The number of piperidine rings is 1. The summed E-state index contributed by atoms with van der Waals surface area (Å²) < 4.78 is 5.41. The fourth-order valence-corrected chi connectivity index (χ4v) is 3.00. The Morgan fingerprint density at radius 3 is 2.65 bits per heavy atom. The van der Waals surface area contributed by atoms with Crippen LogP contribution in [0.15, 0.2) is 18.2 Å². The van der Waals surface area contributed by atoms with Gasteiger partial charge >= 0.3 is 6.09 Å². The van der Waals surface area contributed by atoms with Gasteiger partial charge in [0.2, 0.25) is 0 Å². The Labute approximate surface area is 147 Å². The molecule has 0 bridgehead atoms. The highest BCUT2D eigenvalue weighted by molar-refractivity contribution is 6.42. The summed E-state index contributed by atoms with van der Waals surface area (Å²) in [5.74, 6) is -0.0477. The van der Waals surface area contributed by atoms with Crippen molar-refractivity contribution in [3.8, 4) is 0 Å². The molecule has 0 spiro atoms. The van der Waals surface area contributed by atoms with Gasteiger partial charge in [-0.15, -0.1) is 0 Å². The Bertz CT molecular complexity index is 571. The molecule has 1 N–H and O–H groups in total. The third-order valence-electron chi connectivity index (χ3n) is 3.83. The van der Waals surface area contributed by atoms with Crippen molar-refractivity contribution in [2.75, 3.05) is 13.1 Å². The Morgan fingerprint density at radius 1 is 1.35 bits per heavy atom. The number of aliphatic hydroxyl groups is 1. The molecule has 1 saturated heterocycles. The topological polar surface area (TPSA) is 49.8 Å². The highest BCUT2D eigenvalue weighted by Gasteiger charge is 2.32. The van der Waals surface area contributed by atoms with E-state index in [2.05, 4.69) is 0 Å². The zero-order valence-corrected chi connectivity index (χ0v) is 15.2. The van der Waals surface area contributed by atoms with Gasteiger partial charge in [0.05, 0.1) is 16.1 Å². The van der Waals surface area contributed by atoms with Crippen molar-refractivity contribution in [2.24, 2.45) is 5.92 Å². The number of aliphatic hydroxyl groups excluding tert-OH is 1. The van der Waals surface area contributed by atoms with E-state index >= 15 is 0 Å². The van der Waals surface area contributed by atoms with Crippen molar-refractivity contribution in [1.29, 1.82) is 0 Å². The maximum Gasteiger partial charge on any atom is 0.410 e. The van der Waals surface area contributed by atoms with Crippen LogP contribution < -0.4 is 0 Å². The fourth-order valence-electron chi connectivity index (χ4n) is 2.68. The van der Waals surface area contributed by atoms with Crippen molar-refractivity contribution >= 4 is 29.3 Å². The first-order valence-corrected chi connectivity index (χ1v) is 8.51. The molecule has 2 atom stereocenters. The monoisotopic (exact) mass is 359 g/mol. The van der Waals surface area contributed by atoms with Crippen LogP contribution in [0.3, 0.4) is 0 Å². The summed E-state index contributed by atoms with van der Waals surface area (Å²) in [7, 11) is 0. The number of hydrogen-bond donors (Lipinski definition) is 1. The second-order valence-electron chi connectivity index (χ2n) is 7.00. The van der Waals surface area contributed by atoms with Crippen molar-refractivity contribution < 1.29 is 14.6 Å². The zero-order valence-electron chi connectivity index (χ0n) is 13.7. The van der Waals surface area contributed by atoms with Crippen LogP contribution >= 0.6 is 23.2 Å². The molecule has 1 aliphatic heterocycles. The second kappa shape index (κ2) is 7.29. The predicted molar refractivity (Wildman–Crippen MR) is 92.1 cm³/mol. The van der Waals surface area contributed by atoms with Crippen molar-refractivity contribution in [3.05, 3.63) is 33.8 Å². The standard InChI is InChI=1S/C17H23Cl2NO3/c1-17(2,3)23-16(22)20-7-6-15(21)12(10-20)8-11-4-5-13(18)14(19)9-11/h4-5,9,12,15,21H,6-8,10H2,1-3H3. The lowest BCUT2D eigenvalue weighted by Gasteiger charge is -2.37. The number of halogens is 2. The summed E-state index contributed by atoms with van der Waals surface area (Å²) in [5, 5.41) is 11.3. The maximum atomic E-state index is 12.2. The van der Waals surface area contributed by atoms with E-state index in [0.717, 1.165) is 5.56 Å². The van der Waals surface area contributed by atoms with Gasteiger partial charge in [0, 0.05) is 19.0 Å². The summed E-state index contributed by atoms with van der Waals surface area (Å²) in [6, 6.07) is 5.45. The molecule has 0 aromatic heterocycles. The molecule has 0 radical (unpaired) electrons. The molecule has 1 aromatic carbocycles. The molecular formula is C17H23Cl2NO3. The first-order valence-electron chi connectivity index (χ1n) is 7.75. The van der Waals surface area contributed by atoms with Crippen LogP contribution in [-0.4, -0.2) is 40.9 Å². The predicted octanol–water partition coefficient (Wildman–Crippen LogP) is 4.15. The summed E-state index contributed by atoms with van der Waals surface area (Å²) in [6.45, 7) is 6.51. The SMILES string of the molecule is CC(C)(C)OC(=O)N1CCC(O)C(Cc2ccc(Cl)c(Cl)c2)C1. The van der Waals surface area contributed by atoms with Gasteiger partial charge in [-0.2, -0.15) is 0 Å². The van der Waals surface area contributed by atoms with Crippen LogP contribution in [0.2, 0.25) is 10.0 Å². The van der Waals surface area contributed by atoms with E-state index in [0.29, 0.717) is 36.0 Å². The van der Waals surface area contributed by atoms with Gasteiger partial charge in [-0.3, -0.25) is 0 Å². The van der Waals surface area contributed by atoms with Gasteiger partial charge in [0.15, 0.2) is 0 Å². The highest BCUT2D eigenvalue weighted by atomic mass is 35.5. The van der Waals surface area contributed by atoms with Crippen LogP contribution in [0.4, 0.5) is 4.79 Å². The lowest BCUT2D eigenvalue weighted by atomic mass is 9.89. The third kappa shape index (κ3) is 5.27. The van der Waals surface area contributed by atoms with Gasteiger partial charge in [-0.1, -0.05) is 29.3 Å². The second-order valence-corrected chi connectivity index (χ2v) is 7.81. The average Bonchev–Trinajstić information content (AvgIpc) is 2.43. The fraction of sp³-hybridized carbons (Fsp3) is 0.588. The Hall–Kier alpha value is -0.970. The Balaban J connectivity index is 2.03. The van der Waals surface area contributed by atoms with E-state index in [9.17, 15) is 9.90 Å². The number of carbonyl (C=O) groups is 1. The van der Waals surface area contributed by atoms with Crippen LogP contribution in [0, 0.1) is 5.92 Å². The van der Waals surface area contributed by atoms with Gasteiger partial charge < -0.3 is 14.7 Å². The molecule has 23 heavy (non-hydrogen) atoms. The molecule has 4 nitrogen and oxygen atoms in total. The maximum absolute atomic E-state index is 12.2. The number of rotatable bonds is 2. The summed E-state index contributed by atoms with van der Waals surface area (Å²) >= 11 is 12.0. The van der Waals surface area contributed by atoms with Crippen molar-refractivity contribution in [1.82, 2.24) is 4.90 Å². The molecule has 1 amide bonds. The number of likely N-dealkylation sites (tertiary alicyclic amines) is 1. The van der Waals surface area contributed by atoms with Crippen LogP contribution in [0.25, 0.3) is 0 Å². The van der Waals surface area contributed by atoms with E-state index in [1.54, 1.807) is 11.0 Å². The minimum absolute atomic E-state index is 0.0477. The first kappa shape index (κ1) is 18.4. The van der Waals surface area contributed by atoms with Gasteiger partial charge in [0.1, 0.15) is 5.60 Å². The zero-order chi connectivity index (χ0) is 17.2. The molecule has 6 heteroatoms. The Kier molecular flexibility index (Phi) is 5.82. The smallest absolute Gasteiger partial charge is 0.410 e. The average molecular weight is 360 g/mol. The number of benzene rings is 1. The molecule has 2 rings (SSSR count). The van der Waals surface area contributed by atoms with Gasteiger partial charge in [0.25, 0.3) is 0 Å². The minimum Gasteiger partial charge on any atom is -0.444 e. The summed E-state index contributed by atoms with van der Waals surface area (Å²) in [6.07, 6.45) is 0.412. The molecule has 0 saturated carbocycles. The number of carbonyl (C=O) groups excluding carboxylic acids is 1. The number of amides is 1. The van der Waals surface area contributed by atoms with Crippen LogP contribution in [0.1, 0.15) is 32.8 Å². The number of ether oxygens (including phenoxy) is 1. The van der Waals surface area contributed by atoms with Crippen molar-refractivity contribution in [3.63, 3.8) is 0 Å². The lowest BCUT2D eigenvalue weighted by Crippen LogP contribution is -2.48. The minimum atomic E-state index is -0.521. The lowest BCUT2D eigenvalue weighted by molar-refractivity contribution is -0.00823. The Morgan fingerprint density at radius 2 is 2.04 bits per heavy atom. The van der Waals surface area contributed by atoms with Crippen molar-refractivity contribution in [2.45, 2.75) is 45.3 Å². The molecular weight excluding hydrogens is 337 g/mol. The number of hydrogen-bond acceptors (Lipinski definition) is 3. The van der Waals surface area contributed by atoms with Crippen LogP contribution in [-0.2, 0) is 11.2 Å². The molecule has 2 unspecified atom stereocenters. The quantitative estimate of drug-likeness (QED) is 0.862. The van der Waals surface area contributed by atoms with E-state index in [1.807, 2.05) is 32.9 Å². The third-order valence-corrected chi connectivity index (χ3v) is 4.57. The molecule has 128 valence electrons. The van der Waals surface area contributed by atoms with E-state index in [4.69, 9.17) is 27.9 Å². The summed E-state index contributed by atoms with van der Waals surface area (Å²) in [4.78, 5) is 13.9. The van der Waals surface area contributed by atoms with Crippen LogP contribution in [0.5, 0.6) is 0 Å². The first-order chi connectivity index (χ1) is 10.7. The van der Waals surface area contributed by atoms with E-state index in [-0.39, 0.29) is 12.0 Å². The summed E-state index contributed by atoms with van der Waals surface area (Å²) in [5.41, 5.74) is 0.473. The molecule has 1 fully saturated rings. The van der Waals surface area contributed by atoms with E-state index < -0.39 is 11.7 Å². The highest BCUT2D eigenvalue weighted by Crippen LogP contribution is 2.27. The number of nitrogens with zero attached hydrogens (tertiary/aromatic N) is 1. The van der Waals surface area contributed by atoms with Gasteiger partial charge in [-0.05, 0) is 51.3 Å². The molecule has 0 aliphatic carbocycles. The largest absolute Gasteiger partial charge is 0.444 e. The normalized spacial score (nSPS) is 22.1. The molecule has 1 heterocycles. The molecule has 1 aliphatic rings.